The molecule has 3 aliphatic heterocycles. The molecule has 0 aromatic rings. The van der Waals surface area contributed by atoms with Gasteiger partial charge < -0.3 is 29.7 Å². The molecule has 3 rings (SSSR count). The summed E-state index contributed by atoms with van der Waals surface area (Å²) in [5.41, 5.74) is -1.18. The Labute approximate surface area is 250 Å². The number of nitrogens with zero attached hydrogens (tertiary/aromatic N) is 2. The molecule has 0 radical (unpaired) electrons. The number of nitrogens with one attached hydrogen (secondary N) is 1. The summed E-state index contributed by atoms with van der Waals surface area (Å²) in [5.74, 6) is -2.90. The highest BCUT2D eigenvalue weighted by Gasteiger charge is 2.75. The molecule has 8 atom stereocenters. The van der Waals surface area contributed by atoms with Crippen LogP contribution in [0, 0.1) is 17.8 Å². The molecule has 42 heavy (non-hydrogen) atoms. The van der Waals surface area contributed by atoms with E-state index in [1.807, 2.05) is 20.8 Å². The van der Waals surface area contributed by atoms with Crippen molar-refractivity contribution in [3.63, 3.8) is 0 Å². The average Bonchev–Trinajstić information content (AvgIpc) is 3.59. The fraction of sp³-hybridized carbons (Fsp3) is 0.750. The molecule has 0 aromatic heterocycles. The summed E-state index contributed by atoms with van der Waals surface area (Å²) in [6, 6.07) is -1.65. The lowest BCUT2D eigenvalue weighted by molar-refractivity contribution is -0.160. The predicted molar refractivity (Wildman–Crippen MR) is 159 cm³/mol. The van der Waals surface area contributed by atoms with Crippen LogP contribution in [-0.2, 0) is 28.7 Å². The summed E-state index contributed by atoms with van der Waals surface area (Å²) in [6.07, 6.45) is 6.19. The van der Waals surface area contributed by atoms with Crippen molar-refractivity contribution in [2.45, 2.75) is 115 Å². The fourth-order valence-corrected chi connectivity index (χ4v) is 7.11. The van der Waals surface area contributed by atoms with Crippen molar-refractivity contribution in [3.05, 3.63) is 25.3 Å². The Morgan fingerprint density at radius 2 is 1.95 bits per heavy atom. The molecule has 1 unspecified atom stereocenters. The SMILES string of the molecule is C=CCCC(=O)NC[C@@H](C)OC(=O)[C@@H]1[C@@H]2CC[C@]3(O2)[C@H](C(=O)N(CC=C)C(C)CCC)N([C@@H](CO)CC(C)C)C(=O)[C@@H]13. The molecule has 10 nitrogen and oxygen atoms in total. The first-order chi connectivity index (χ1) is 20.0. The van der Waals surface area contributed by atoms with Gasteiger partial charge in [-0.2, -0.15) is 0 Å². The lowest BCUT2D eigenvalue weighted by Crippen LogP contribution is -2.60. The number of fused-ring (bicyclic) bond motifs is 1. The minimum atomic E-state index is -1.18. The molecule has 2 N–H and O–H groups in total. The minimum absolute atomic E-state index is 0.0903. The van der Waals surface area contributed by atoms with Crippen LogP contribution < -0.4 is 5.32 Å². The number of hydrogen-bond acceptors (Lipinski definition) is 7. The van der Waals surface area contributed by atoms with Gasteiger partial charge >= 0.3 is 5.97 Å². The van der Waals surface area contributed by atoms with Gasteiger partial charge in [0.25, 0.3) is 0 Å². The molecule has 236 valence electrons. The average molecular weight is 590 g/mol. The number of ether oxygens (including phenoxy) is 2. The standard InChI is InChI=1S/C32H51N3O7/c1-8-11-13-25(37)33-18-22(7)41-31(40)26-24-14-15-32(42-24)27(26)29(38)35(23(19-36)17-20(4)5)28(32)30(39)34(16-10-3)21(6)12-9-2/h8,10,20-24,26-28,36H,1,3,9,11-19H2,2,4-7H3,(H,33,37)/t21?,22-,23-,24+,26-,27-,28+,32-/m1/s1. The van der Waals surface area contributed by atoms with Gasteiger partial charge in [-0.15, -0.1) is 13.2 Å². The second kappa shape index (κ2) is 14.6. The number of aliphatic hydroxyl groups excluding tert-OH is 1. The van der Waals surface area contributed by atoms with Gasteiger partial charge in [-0.05, 0) is 51.9 Å². The van der Waals surface area contributed by atoms with E-state index < -0.39 is 47.7 Å². The molecule has 0 aliphatic carbocycles. The first kappa shape index (κ1) is 33.8. The molecule has 10 heteroatoms. The highest BCUT2D eigenvalue weighted by molar-refractivity contribution is 5.98. The maximum Gasteiger partial charge on any atom is 0.312 e. The maximum atomic E-state index is 14.5. The van der Waals surface area contributed by atoms with E-state index in [-0.39, 0.29) is 42.8 Å². The van der Waals surface area contributed by atoms with E-state index >= 15 is 0 Å². The topological polar surface area (TPSA) is 125 Å². The van der Waals surface area contributed by atoms with E-state index in [1.54, 1.807) is 24.0 Å². The zero-order chi connectivity index (χ0) is 31.2. The van der Waals surface area contributed by atoms with Crippen molar-refractivity contribution in [1.29, 1.82) is 0 Å². The number of likely N-dealkylation sites (tertiary alicyclic amines) is 1. The summed E-state index contributed by atoms with van der Waals surface area (Å²) in [6.45, 7) is 17.4. The van der Waals surface area contributed by atoms with Crippen LogP contribution in [0.5, 0.6) is 0 Å². The Morgan fingerprint density at radius 1 is 1.24 bits per heavy atom. The van der Waals surface area contributed by atoms with Crippen LogP contribution in [0.1, 0.15) is 79.6 Å². The predicted octanol–water partition coefficient (Wildman–Crippen LogP) is 2.99. The lowest BCUT2D eigenvalue weighted by Gasteiger charge is -2.41. The first-order valence-electron chi connectivity index (χ1n) is 15.6. The van der Waals surface area contributed by atoms with E-state index in [0.717, 1.165) is 12.8 Å². The summed E-state index contributed by atoms with van der Waals surface area (Å²) >= 11 is 0. The van der Waals surface area contributed by atoms with Crippen LogP contribution in [0.25, 0.3) is 0 Å². The third-order valence-electron chi connectivity index (χ3n) is 8.92. The Balaban J connectivity index is 1.93. The van der Waals surface area contributed by atoms with E-state index in [1.165, 1.54) is 4.90 Å². The van der Waals surface area contributed by atoms with Crippen LogP contribution in [0.2, 0.25) is 0 Å². The van der Waals surface area contributed by atoms with Crippen LogP contribution >= 0.6 is 0 Å². The van der Waals surface area contributed by atoms with Crippen molar-refractivity contribution in [2.24, 2.45) is 17.8 Å². The molecule has 2 bridgehead atoms. The molecule has 0 aromatic carbocycles. The normalized spacial score (nSPS) is 28.3. The highest BCUT2D eigenvalue weighted by atomic mass is 16.6. The second-order valence-corrected chi connectivity index (χ2v) is 12.6. The summed E-state index contributed by atoms with van der Waals surface area (Å²) in [7, 11) is 0. The first-order valence-corrected chi connectivity index (χ1v) is 15.6. The van der Waals surface area contributed by atoms with Gasteiger partial charge in [-0.1, -0.05) is 39.3 Å². The van der Waals surface area contributed by atoms with Crippen molar-refractivity contribution in [2.75, 3.05) is 19.7 Å². The smallest absolute Gasteiger partial charge is 0.312 e. The second-order valence-electron chi connectivity index (χ2n) is 12.6. The third kappa shape index (κ3) is 6.75. The summed E-state index contributed by atoms with van der Waals surface area (Å²) in [4.78, 5) is 57.7. The van der Waals surface area contributed by atoms with Gasteiger partial charge in [0.15, 0.2) is 0 Å². The van der Waals surface area contributed by atoms with Crippen molar-refractivity contribution >= 4 is 23.7 Å². The number of esters is 1. The van der Waals surface area contributed by atoms with E-state index in [2.05, 4.69) is 25.4 Å². The van der Waals surface area contributed by atoms with Gasteiger partial charge in [0.2, 0.25) is 17.7 Å². The Bertz CT molecular complexity index is 1020. The van der Waals surface area contributed by atoms with Gasteiger partial charge in [0.05, 0.1) is 37.1 Å². The monoisotopic (exact) mass is 589 g/mol. The number of amides is 3. The molecule has 3 amide bonds. The van der Waals surface area contributed by atoms with Crippen LogP contribution in [0.3, 0.4) is 0 Å². The quantitative estimate of drug-likeness (QED) is 0.197. The molecule has 3 aliphatic rings. The molecule has 0 saturated carbocycles. The third-order valence-corrected chi connectivity index (χ3v) is 8.92. The van der Waals surface area contributed by atoms with Crippen molar-refractivity contribution in [3.8, 4) is 0 Å². The van der Waals surface area contributed by atoms with Crippen molar-refractivity contribution < 1.29 is 33.8 Å². The largest absolute Gasteiger partial charge is 0.460 e. The number of rotatable bonds is 17. The van der Waals surface area contributed by atoms with Gasteiger partial charge in [-0.3, -0.25) is 19.2 Å². The molecular formula is C32H51N3O7. The molecule has 3 heterocycles. The molecular weight excluding hydrogens is 538 g/mol. The van der Waals surface area contributed by atoms with Crippen LogP contribution in [-0.4, -0.2) is 94.2 Å². The van der Waals surface area contributed by atoms with E-state index in [4.69, 9.17) is 9.47 Å². The Morgan fingerprint density at radius 3 is 2.55 bits per heavy atom. The summed E-state index contributed by atoms with van der Waals surface area (Å²) in [5, 5.41) is 13.2. The number of allylic oxidation sites excluding steroid dienone is 1. The maximum absolute atomic E-state index is 14.5. The summed E-state index contributed by atoms with van der Waals surface area (Å²) < 4.78 is 12.3. The minimum Gasteiger partial charge on any atom is -0.460 e. The van der Waals surface area contributed by atoms with E-state index in [9.17, 15) is 24.3 Å². The molecule has 3 fully saturated rings. The van der Waals surface area contributed by atoms with E-state index in [0.29, 0.717) is 38.6 Å². The number of carbonyl (C=O) groups is 4. The zero-order valence-corrected chi connectivity index (χ0v) is 26.0. The number of hydrogen-bond donors (Lipinski definition) is 2. The lowest BCUT2D eigenvalue weighted by atomic mass is 9.70. The Kier molecular flexibility index (Phi) is 11.8. The van der Waals surface area contributed by atoms with Crippen LogP contribution in [0.4, 0.5) is 0 Å². The fourth-order valence-electron chi connectivity index (χ4n) is 7.11. The molecule has 3 saturated heterocycles. The zero-order valence-electron chi connectivity index (χ0n) is 26.0. The highest BCUT2D eigenvalue weighted by Crippen LogP contribution is 2.59. The number of aliphatic hydroxyl groups is 1. The van der Waals surface area contributed by atoms with Gasteiger partial charge in [-0.25, -0.2) is 0 Å². The molecule has 1 spiro atoms. The van der Waals surface area contributed by atoms with Gasteiger partial charge in [0, 0.05) is 19.0 Å². The number of carbonyl (C=O) groups excluding carboxylic acids is 4. The van der Waals surface area contributed by atoms with Gasteiger partial charge in [0.1, 0.15) is 17.7 Å². The van der Waals surface area contributed by atoms with Crippen LogP contribution in [0.15, 0.2) is 25.3 Å². The van der Waals surface area contributed by atoms with Crippen molar-refractivity contribution in [1.82, 2.24) is 15.1 Å². The Hall–Kier alpha value is -2.72.